The molecular formula is C33H32F2N3NaO5. The normalized spacial score (nSPS) is 12.6. The molecule has 2 atom stereocenters. The first-order chi connectivity index (χ1) is 20.5. The molecule has 0 aliphatic heterocycles. The molecule has 224 valence electrons. The number of halogens is 2. The monoisotopic (exact) mass is 611 g/mol. The zero-order valence-electron chi connectivity index (χ0n) is 24.7. The minimum absolute atomic E-state index is 0. The van der Waals surface area contributed by atoms with E-state index in [9.17, 15) is 33.7 Å². The van der Waals surface area contributed by atoms with Crippen molar-refractivity contribution in [2.24, 2.45) is 0 Å². The fourth-order valence-corrected chi connectivity index (χ4v) is 4.93. The molecule has 4 rings (SSSR count). The van der Waals surface area contributed by atoms with Gasteiger partial charge in [-0.15, -0.1) is 0 Å². The molecular weight excluding hydrogens is 579 g/mol. The van der Waals surface area contributed by atoms with Gasteiger partial charge in [-0.25, -0.2) is 8.78 Å². The average molecular weight is 612 g/mol. The fraction of sp³-hybridized carbons (Fsp3) is 0.242. The first kappa shape index (κ1) is 34.8. The van der Waals surface area contributed by atoms with E-state index in [0.29, 0.717) is 33.6 Å². The number of amides is 1. The van der Waals surface area contributed by atoms with Crippen molar-refractivity contribution >= 4 is 18.0 Å². The first-order valence-electron chi connectivity index (χ1n) is 13.8. The van der Waals surface area contributed by atoms with E-state index in [2.05, 4.69) is 10.3 Å². The van der Waals surface area contributed by atoms with Crippen LogP contribution in [0.5, 0.6) is 0 Å². The van der Waals surface area contributed by atoms with Crippen molar-refractivity contribution in [3.05, 3.63) is 108 Å². The van der Waals surface area contributed by atoms with E-state index in [-0.39, 0.29) is 54.3 Å². The van der Waals surface area contributed by atoms with Gasteiger partial charge in [0, 0.05) is 47.9 Å². The van der Waals surface area contributed by atoms with E-state index < -0.39 is 42.1 Å². The number of carboxylic acid groups (broad SMARTS) is 1. The Hall–Kier alpha value is -3.67. The molecule has 0 saturated carbocycles. The molecule has 11 heteroatoms. The van der Waals surface area contributed by atoms with Gasteiger partial charge in [0.15, 0.2) is 0 Å². The molecule has 0 aliphatic carbocycles. The summed E-state index contributed by atoms with van der Waals surface area (Å²) < 4.78 is 29.8. The van der Waals surface area contributed by atoms with Crippen LogP contribution >= 0.6 is 0 Å². The molecule has 2 aromatic carbocycles. The molecule has 3 N–H and O–H groups in total. The minimum atomic E-state index is -1.44. The number of carbonyl (C=O) groups excluding carboxylic acids is 2. The SMILES string of the molecule is CC(C)n1c(C=C[C@@H](O)C[C@@H](O)CC(=O)[O-])c(-c2ccc(F)cc2)c(-c2ccc(F)cc2)c1C(=O)NCc1ccccn1.[Na+]. The van der Waals surface area contributed by atoms with Crippen LogP contribution in [-0.4, -0.2) is 43.8 Å². The Morgan fingerprint density at radius 2 is 1.55 bits per heavy atom. The summed E-state index contributed by atoms with van der Waals surface area (Å²) in [5.74, 6) is -2.80. The summed E-state index contributed by atoms with van der Waals surface area (Å²) in [6.45, 7) is 3.88. The van der Waals surface area contributed by atoms with Gasteiger partial charge in [0.1, 0.15) is 17.3 Å². The summed E-state index contributed by atoms with van der Waals surface area (Å²) in [5.41, 5.74) is 3.46. The van der Waals surface area contributed by atoms with Crippen LogP contribution in [0.4, 0.5) is 8.78 Å². The van der Waals surface area contributed by atoms with Gasteiger partial charge in [-0.2, -0.15) is 0 Å². The third-order valence-electron chi connectivity index (χ3n) is 6.79. The summed E-state index contributed by atoms with van der Waals surface area (Å²) in [7, 11) is 0. The van der Waals surface area contributed by atoms with Crippen LogP contribution < -0.4 is 40.0 Å². The summed E-state index contributed by atoms with van der Waals surface area (Å²) in [6.07, 6.45) is 1.13. The van der Waals surface area contributed by atoms with Crippen molar-refractivity contribution in [1.29, 1.82) is 0 Å². The van der Waals surface area contributed by atoms with Crippen LogP contribution in [0.2, 0.25) is 0 Å². The summed E-state index contributed by atoms with van der Waals surface area (Å²) >= 11 is 0. The third kappa shape index (κ3) is 8.71. The molecule has 0 spiro atoms. The van der Waals surface area contributed by atoms with Crippen molar-refractivity contribution in [1.82, 2.24) is 14.9 Å². The van der Waals surface area contributed by atoms with Gasteiger partial charge in [0.05, 0.1) is 24.4 Å². The summed E-state index contributed by atoms with van der Waals surface area (Å²) in [6, 6.07) is 16.4. The quantitative estimate of drug-likeness (QED) is 0.207. The Morgan fingerprint density at radius 1 is 0.955 bits per heavy atom. The Balaban J connectivity index is 0.00000529. The Morgan fingerprint density at radius 3 is 2.07 bits per heavy atom. The first-order valence-corrected chi connectivity index (χ1v) is 13.8. The number of carbonyl (C=O) groups is 2. The van der Waals surface area contributed by atoms with Crippen molar-refractivity contribution in [3.63, 3.8) is 0 Å². The molecule has 0 radical (unpaired) electrons. The number of nitrogens with zero attached hydrogens (tertiary/aromatic N) is 2. The standard InChI is InChI=1S/C33H33F2N3O5.Na/c1-20(2)38-28(15-14-26(39)17-27(40)18-29(41)42)30(21-6-10-23(34)11-7-21)31(22-8-12-24(35)13-9-22)32(38)33(43)37-19-25-5-3-4-16-36-25;/h3-16,20,26-27,39-40H,17-19H2,1-2H3,(H,37,43)(H,41,42);/q;+1/p-1/t26-,27-;/m1./s1. The molecule has 0 bridgehead atoms. The second-order valence-corrected chi connectivity index (χ2v) is 10.4. The van der Waals surface area contributed by atoms with E-state index in [4.69, 9.17) is 0 Å². The number of benzene rings is 2. The van der Waals surface area contributed by atoms with Gasteiger partial charge in [0.25, 0.3) is 5.91 Å². The number of pyridine rings is 1. The number of hydrogen-bond acceptors (Lipinski definition) is 6. The van der Waals surface area contributed by atoms with E-state index >= 15 is 0 Å². The maximum Gasteiger partial charge on any atom is 1.00 e. The van der Waals surface area contributed by atoms with Crippen molar-refractivity contribution < 1.29 is 63.2 Å². The van der Waals surface area contributed by atoms with Gasteiger partial charge in [-0.1, -0.05) is 36.4 Å². The Bertz CT molecular complexity index is 1590. The number of aliphatic carboxylic acids is 1. The van der Waals surface area contributed by atoms with E-state index in [0.717, 1.165) is 0 Å². The Labute approximate surface area is 276 Å². The predicted molar refractivity (Wildman–Crippen MR) is 156 cm³/mol. The third-order valence-corrected chi connectivity index (χ3v) is 6.79. The summed E-state index contributed by atoms with van der Waals surface area (Å²) in [4.78, 5) is 29.1. The van der Waals surface area contributed by atoms with Crippen LogP contribution in [0.25, 0.3) is 28.3 Å². The van der Waals surface area contributed by atoms with Gasteiger partial charge in [0.2, 0.25) is 0 Å². The van der Waals surface area contributed by atoms with Crippen molar-refractivity contribution in [2.75, 3.05) is 0 Å². The molecule has 0 fully saturated rings. The fourth-order valence-electron chi connectivity index (χ4n) is 4.93. The van der Waals surface area contributed by atoms with Gasteiger partial charge in [-0.05, 0) is 67.4 Å². The molecule has 0 saturated heterocycles. The molecule has 0 aliphatic rings. The topological polar surface area (TPSA) is 128 Å². The predicted octanol–water partition coefficient (Wildman–Crippen LogP) is 1.28. The summed E-state index contributed by atoms with van der Waals surface area (Å²) in [5, 5.41) is 34.4. The second-order valence-electron chi connectivity index (χ2n) is 10.4. The smallest absolute Gasteiger partial charge is 0.550 e. The van der Waals surface area contributed by atoms with E-state index in [1.807, 2.05) is 13.8 Å². The zero-order valence-corrected chi connectivity index (χ0v) is 26.7. The van der Waals surface area contributed by atoms with Crippen LogP contribution in [-0.2, 0) is 11.3 Å². The zero-order chi connectivity index (χ0) is 31.1. The molecule has 8 nitrogen and oxygen atoms in total. The maximum atomic E-state index is 14.0. The largest absolute Gasteiger partial charge is 1.00 e. The van der Waals surface area contributed by atoms with Crippen LogP contribution in [0, 0.1) is 11.6 Å². The van der Waals surface area contributed by atoms with Crippen LogP contribution in [0.3, 0.4) is 0 Å². The van der Waals surface area contributed by atoms with E-state index in [1.165, 1.54) is 30.3 Å². The second kappa shape index (κ2) is 15.9. The van der Waals surface area contributed by atoms with Crippen molar-refractivity contribution in [3.8, 4) is 22.3 Å². The maximum absolute atomic E-state index is 14.0. The number of aliphatic hydroxyl groups is 2. The van der Waals surface area contributed by atoms with Gasteiger partial charge in [-0.3, -0.25) is 9.78 Å². The number of aromatic nitrogens is 2. The Kier molecular flexibility index (Phi) is 12.6. The van der Waals surface area contributed by atoms with Crippen LogP contribution in [0.1, 0.15) is 54.6 Å². The average Bonchev–Trinajstić information content (AvgIpc) is 3.31. The van der Waals surface area contributed by atoms with Crippen LogP contribution in [0.15, 0.2) is 79.0 Å². The molecule has 2 aromatic heterocycles. The number of rotatable bonds is 12. The number of nitrogens with one attached hydrogen (secondary N) is 1. The number of carboxylic acids is 1. The molecule has 1 amide bonds. The van der Waals surface area contributed by atoms with Gasteiger partial charge < -0.3 is 30.0 Å². The molecule has 44 heavy (non-hydrogen) atoms. The minimum Gasteiger partial charge on any atom is -0.550 e. The number of aliphatic hydroxyl groups excluding tert-OH is 2. The number of hydrogen-bond donors (Lipinski definition) is 3. The van der Waals surface area contributed by atoms with E-state index in [1.54, 1.807) is 59.3 Å². The van der Waals surface area contributed by atoms with Crippen molar-refractivity contribution in [2.45, 2.75) is 51.5 Å². The molecule has 0 unspecified atom stereocenters. The van der Waals surface area contributed by atoms with Gasteiger partial charge >= 0.3 is 29.6 Å². The molecule has 4 aromatic rings. The molecule has 2 heterocycles.